The van der Waals surface area contributed by atoms with Crippen LogP contribution in [0.5, 0.6) is 5.75 Å². The van der Waals surface area contributed by atoms with Gasteiger partial charge in [-0.3, -0.25) is 14.3 Å². The quantitative estimate of drug-likeness (QED) is 0.478. The van der Waals surface area contributed by atoms with Crippen molar-refractivity contribution in [2.75, 3.05) is 12.5 Å². The summed E-state index contributed by atoms with van der Waals surface area (Å²) in [6.45, 7) is 4.79. The Morgan fingerprint density at radius 3 is 2.64 bits per heavy atom. The normalized spacial score (nSPS) is 11.6. The molecule has 28 heavy (non-hydrogen) atoms. The molecule has 2 heterocycles. The molecule has 3 rings (SSSR count). The number of H-pyrrole nitrogens is 1. The highest BCUT2D eigenvalue weighted by atomic mass is 16.5. The number of methoxy groups -OCH3 is 1. The van der Waals surface area contributed by atoms with E-state index in [-0.39, 0.29) is 0 Å². The lowest BCUT2D eigenvalue weighted by atomic mass is 10.1. The molecule has 2 aromatic heterocycles. The first-order valence-corrected chi connectivity index (χ1v) is 9.03. The summed E-state index contributed by atoms with van der Waals surface area (Å²) in [5, 5.41) is 4.23. The maximum absolute atomic E-state index is 12.4. The molecule has 148 valence electrons. The summed E-state index contributed by atoms with van der Waals surface area (Å²) in [6, 6.07) is 7.43. The van der Waals surface area contributed by atoms with Crippen molar-refractivity contribution in [2.45, 2.75) is 26.8 Å². The third-order valence-corrected chi connectivity index (χ3v) is 4.43. The average Bonchev–Trinajstić information content (AvgIpc) is 3.04. The lowest BCUT2D eigenvalue weighted by Gasteiger charge is -2.09. The monoisotopic (exact) mass is 384 g/mol. The van der Waals surface area contributed by atoms with Crippen LogP contribution >= 0.6 is 0 Å². The van der Waals surface area contributed by atoms with Gasteiger partial charge < -0.3 is 9.30 Å². The standard InChI is InChI=1S/C19H24N6O3/c1-12(2)9-10-25-15-16(24(3)19(27)22-17(15)26)21-18(25)23-20-11-13-5-7-14(28-4)8-6-13/h5-8,11-12H,9-10H2,1-4H3,(H,21,23)(H,22,26,27)/b20-11+. The van der Waals surface area contributed by atoms with Crippen molar-refractivity contribution in [1.29, 1.82) is 0 Å². The summed E-state index contributed by atoms with van der Waals surface area (Å²) < 4.78 is 8.22. The van der Waals surface area contributed by atoms with Crippen molar-refractivity contribution in [1.82, 2.24) is 19.1 Å². The molecule has 0 bridgehead atoms. The van der Waals surface area contributed by atoms with Gasteiger partial charge in [0.1, 0.15) is 5.75 Å². The number of hydrazone groups is 1. The molecule has 1 aromatic carbocycles. The Morgan fingerprint density at radius 2 is 2.00 bits per heavy atom. The SMILES string of the molecule is COc1ccc(/C=N/Nc2nc3c(c(=O)[nH]c(=O)n3C)n2CCC(C)C)cc1. The highest BCUT2D eigenvalue weighted by Crippen LogP contribution is 2.17. The van der Waals surface area contributed by atoms with Gasteiger partial charge in [-0.1, -0.05) is 13.8 Å². The van der Waals surface area contributed by atoms with Gasteiger partial charge in [0.25, 0.3) is 5.56 Å². The Labute approximate surface area is 161 Å². The van der Waals surface area contributed by atoms with E-state index in [0.29, 0.717) is 29.6 Å². The van der Waals surface area contributed by atoms with Gasteiger partial charge in [-0.2, -0.15) is 10.1 Å². The van der Waals surface area contributed by atoms with Gasteiger partial charge in [-0.25, -0.2) is 10.2 Å². The Hall–Kier alpha value is -3.36. The molecular formula is C19H24N6O3. The van der Waals surface area contributed by atoms with E-state index in [1.165, 1.54) is 4.57 Å². The van der Waals surface area contributed by atoms with Crippen LogP contribution in [0, 0.1) is 5.92 Å². The molecule has 0 radical (unpaired) electrons. The van der Waals surface area contributed by atoms with Crippen molar-refractivity contribution in [3.8, 4) is 5.75 Å². The van der Waals surface area contributed by atoms with Gasteiger partial charge in [-0.05, 0) is 42.2 Å². The minimum atomic E-state index is -0.501. The van der Waals surface area contributed by atoms with Gasteiger partial charge in [-0.15, -0.1) is 0 Å². The van der Waals surface area contributed by atoms with E-state index in [4.69, 9.17) is 4.74 Å². The van der Waals surface area contributed by atoms with Crippen LogP contribution < -0.4 is 21.4 Å². The van der Waals surface area contributed by atoms with E-state index in [0.717, 1.165) is 17.7 Å². The topological polar surface area (TPSA) is 106 Å². The maximum Gasteiger partial charge on any atom is 0.329 e. The van der Waals surface area contributed by atoms with Crippen LogP contribution in [0.15, 0.2) is 39.0 Å². The lowest BCUT2D eigenvalue weighted by Crippen LogP contribution is -2.29. The Morgan fingerprint density at radius 1 is 1.29 bits per heavy atom. The number of imidazole rings is 1. The fourth-order valence-corrected chi connectivity index (χ4v) is 2.78. The zero-order chi connectivity index (χ0) is 20.3. The zero-order valence-corrected chi connectivity index (χ0v) is 16.4. The number of fused-ring (bicyclic) bond motifs is 1. The second-order valence-electron chi connectivity index (χ2n) is 6.90. The summed E-state index contributed by atoms with van der Waals surface area (Å²) in [7, 11) is 3.19. The molecule has 0 aliphatic rings. The van der Waals surface area contributed by atoms with Crippen LogP contribution in [0.25, 0.3) is 11.2 Å². The van der Waals surface area contributed by atoms with Gasteiger partial charge in [0.05, 0.1) is 13.3 Å². The van der Waals surface area contributed by atoms with E-state index in [1.807, 2.05) is 24.3 Å². The minimum Gasteiger partial charge on any atom is -0.497 e. The van der Waals surface area contributed by atoms with Crippen LogP contribution in [-0.4, -0.2) is 32.4 Å². The van der Waals surface area contributed by atoms with Gasteiger partial charge in [0.2, 0.25) is 5.95 Å². The fourth-order valence-electron chi connectivity index (χ4n) is 2.78. The maximum atomic E-state index is 12.4. The first kappa shape index (κ1) is 19.4. The second-order valence-corrected chi connectivity index (χ2v) is 6.90. The average molecular weight is 384 g/mol. The summed E-state index contributed by atoms with van der Waals surface area (Å²) in [4.78, 5) is 31.0. The molecule has 3 aromatic rings. The number of nitrogens with zero attached hydrogens (tertiary/aromatic N) is 4. The number of rotatable bonds is 7. The molecule has 0 fully saturated rings. The van der Waals surface area contributed by atoms with Crippen LogP contribution in [0.2, 0.25) is 0 Å². The molecule has 0 amide bonds. The first-order chi connectivity index (χ1) is 13.4. The van der Waals surface area contributed by atoms with Crippen molar-refractivity contribution >= 4 is 23.3 Å². The number of aryl methyl sites for hydroxylation is 2. The number of aromatic amines is 1. The van der Waals surface area contributed by atoms with E-state index in [1.54, 1.807) is 24.9 Å². The van der Waals surface area contributed by atoms with Crippen molar-refractivity contribution in [3.05, 3.63) is 50.7 Å². The van der Waals surface area contributed by atoms with Crippen LogP contribution in [0.1, 0.15) is 25.8 Å². The predicted molar refractivity (Wildman–Crippen MR) is 109 cm³/mol. The third kappa shape index (κ3) is 3.98. The number of hydrogen-bond donors (Lipinski definition) is 2. The molecule has 0 aliphatic heterocycles. The third-order valence-electron chi connectivity index (χ3n) is 4.43. The van der Waals surface area contributed by atoms with Crippen LogP contribution in [0.4, 0.5) is 5.95 Å². The van der Waals surface area contributed by atoms with E-state index in [2.05, 4.69) is 34.3 Å². The summed E-state index contributed by atoms with van der Waals surface area (Å²) >= 11 is 0. The van der Waals surface area contributed by atoms with E-state index < -0.39 is 11.2 Å². The summed E-state index contributed by atoms with van der Waals surface area (Å²) in [5.74, 6) is 1.62. The molecule has 9 heteroatoms. The molecule has 0 unspecified atom stereocenters. The lowest BCUT2D eigenvalue weighted by molar-refractivity contribution is 0.415. The van der Waals surface area contributed by atoms with E-state index in [9.17, 15) is 9.59 Å². The number of anilines is 1. The van der Waals surface area contributed by atoms with Gasteiger partial charge in [0, 0.05) is 13.6 Å². The molecular weight excluding hydrogens is 360 g/mol. The van der Waals surface area contributed by atoms with Gasteiger partial charge >= 0.3 is 5.69 Å². The molecule has 9 nitrogen and oxygen atoms in total. The highest BCUT2D eigenvalue weighted by Gasteiger charge is 2.17. The molecule has 2 N–H and O–H groups in total. The number of benzene rings is 1. The van der Waals surface area contributed by atoms with Crippen molar-refractivity contribution in [2.24, 2.45) is 18.1 Å². The Bertz CT molecular complexity index is 1110. The van der Waals surface area contributed by atoms with Crippen LogP contribution in [-0.2, 0) is 13.6 Å². The number of hydrogen-bond acceptors (Lipinski definition) is 6. The fraction of sp³-hybridized carbons (Fsp3) is 0.368. The summed E-state index contributed by atoms with van der Waals surface area (Å²) in [6.07, 6.45) is 2.50. The molecule has 0 atom stereocenters. The minimum absolute atomic E-state index is 0.319. The number of ether oxygens (including phenoxy) is 1. The van der Waals surface area contributed by atoms with Gasteiger partial charge in [0.15, 0.2) is 11.2 Å². The van der Waals surface area contributed by atoms with Crippen molar-refractivity contribution < 1.29 is 4.74 Å². The second kappa shape index (κ2) is 8.12. The number of nitrogens with one attached hydrogen (secondary N) is 2. The predicted octanol–water partition coefficient (Wildman–Crippen LogP) is 1.92. The Balaban J connectivity index is 1.96. The first-order valence-electron chi connectivity index (χ1n) is 9.03. The van der Waals surface area contributed by atoms with Crippen molar-refractivity contribution in [3.63, 3.8) is 0 Å². The molecule has 0 saturated heterocycles. The zero-order valence-electron chi connectivity index (χ0n) is 16.4. The van der Waals surface area contributed by atoms with Crippen LogP contribution in [0.3, 0.4) is 0 Å². The molecule has 0 aliphatic carbocycles. The molecule has 0 saturated carbocycles. The smallest absolute Gasteiger partial charge is 0.329 e. The molecule has 0 spiro atoms. The summed E-state index contributed by atoms with van der Waals surface area (Å²) in [5.41, 5.74) is 3.49. The van der Waals surface area contributed by atoms with E-state index >= 15 is 0 Å². The Kier molecular flexibility index (Phi) is 5.62. The highest BCUT2D eigenvalue weighted by molar-refractivity contribution is 5.80. The number of aromatic nitrogens is 4. The largest absolute Gasteiger partial charge is 0.497 e.